The smallest absolute Gasteiger partial charge is 0.139 e. The highest BCUT2D eigenvalue weighted by atomic mass is 79.9. The highest BCUT2D eigenvalue weighted by Gasteiger charge is 2.31. The quantitative estimate of drug-likeness (QED) is 0.904. The fourth-order valence-corrected chi connectivity index (χ4v) is 3.12. The summed E-state index contributed by atoms with van der Waals surface area (Å²) in [4.78, 5) is 12.2. The highest BCUT2D eigenvalue weighted by Crippen LogP contribution is 2.31. The van der Waals surface area contributed by atoms with E-state index in [1.807, 2.05) is 18.2 Å². The van der Waals surface area contributed by atoms with Gasteiger partial charge in [-0.05, 0) is 36.6 Å². The number of Topliss-reactive ketones (excluding diaryl/α,β-unsaturated/α-hetero) is 1. The van der Waals surface area contributed by atoms with Gasteiger partial charge < -0.3 is 10.5 Å². The Morgan fingerprint density at radius 3 is 2.74 bits per heavy atom. The number of methoxy groups -OCH3 is 1. The minimum atomic E-state index is -0.261. The predicted molar refractivity (Wildman–Crippen MR) is 79.4 cm³/mol. The molecule has 0 bridgehead atoms. The van der Waals surface area contributed by atoms with Crippen molar-refractivity contribution < 1.29 is 9.53 Å². The molecule has 0 amide bonds. The van der Waals surface area contributed by atoms with Crippen LogP contribution in [0.15, 0.2) is 22.7 Å². The molecule has 0 saturated heterocycles. The first-order valence-corrected chi connectivity index (χ1v) is 7.45. The van der Waals surface area contributed by atoms with Gasteiger partial charge in [0.1, 0.15) is 11.5 Å². The molecule has 0 unspecified atom stereocenters. The fourth-order valence-electron chi connectivity index (χ4n) is 2.74. The van der Waals surface area contributed by atoms with Crippen LogP contribution in [0, 0.1) is 0 Å². The number of hydrogen-bond acceptors (Lipinski definition) is 3. The van der Waals surface area contributed by atoms with Crippen molar-refractivity contribution in [2.45, 2.75) is 44.1 Å². The molecule has 2 N–H and O–H groups in total. The monoisotopic (exact) mass is 325 g/mol. The largest absolute Gasteiger partial charge is 0.497 e. The van der Waals surface area contributed by atoms with E-state index >= 15 is 0 Å². The Labute approximate surface area is 122 Å². The van der Waals surface area contributed by atoms with Gasteiger partial charge in [-0.1, -0.05) is 28.8 Å². The Morgan fingerprint density at radius 1 is 1.42 bits per heavy atom. The summed E-state index contributed by atoms with van der Waals surface area (Å²) in [5.41, 5.74) is 6.95. The van der Waals surface area contributed by atoms with Crippen molar-refractivity contribution in [3.05, 3.63) is 28.2 Å². The second-order valence-electron chi connectivity index (χ2n) is 5.42. The summed E-state index contributed by atoms with van der Waals surface area (Å²) in [6.07, 6.45) is 5.13. The van der Waals surface area contributed by atoms with Crippen LogP contribution >= 0.6 is 15.9 Å². The molecule has 0 radical (unpaired) electrons. The number of carbonyl (C=O) groups excluding carboxylic acids is 1. The third-order valence-corrected chi connectivity index (χ3v) is 4.56. The molecule has 0 spiro atoms. The van der Waals surface area contributed by atoms with Gasteiger partial charge in [-0.25, -0.2) is 0 Å². The highest BCUT2D eigenvalue weighted by molar-refractivity contribution is 9.10. The van der Waals surface area contributed by atoms with E-state index < -0.39 is 0 Å². The van der Waals surface area contributed by atoms with E-state index in [0.29, 0.717) is 12.8 Å². The van der Waals surface area contributed by atoms with Crippen LogP contribution in [0.5, 0.6) is 5.75 Å². The van der Waals surface area contributed by atoms with E-state index in [4.69, 9.17) is 10.5 Å². The van der Waals surface area contributed by atoms with Gasteiger partial charge >= 0.3 is 0 Å². The molecule has 1 saturated carbocycles. The lowest BCUT2D eigenvalue weighted by molar-refractivity contribution is -0.119. The van der Waals surface area contributed by atoms with Gasteiger partial charge in [0.25, 0.3) is 0 Å². The molecule has 3 nitrogen and oxygen atoms in total. The lowest BCUT2D eigenvalue weighted by Crippen LogP contribution is -2.39. The molecule has 0 aliphatic heterocycles. The molecule has 0 atom stereocenters. The molecule has 1 aromatic carbocycles. The zero-order valence-corrected chi connectivity index (χ0v) is 12.8. The minimum Gasteiger partial charge on any atom is -0.497 e. The standard InChI is InChI=1S/C15H20BrNO2/c1-19-13-4-5-14(16)11(9-13)8-12(18)10-15(17)6-2-3-7-15/h4-5,9H,2-3,6-8,10,17H2,1H3. The summed E-state index contributed by atoms with van der Waals surface area (Å²) in [7, 11) is 1.63. The maximum Gasteiger partial charge on any atom is 0.139 e. The molecule has 1 fully saturated rings. The number of carbonyl (C=O) groups is 1. The van der Waals surface area contributed by atoms with Gasteiger partial charge in [-0.3, -0.25) is 4.79 Å². The van der Waals surface area contributed by atoms with Crippen molar-refractivity contribution in [1.82, 2.24) is 0 Å². The Bertz CT molecular complexity index is 467. The van der Waals surface area contributed by atoms with E-state index in [-0.39, 0.29) is 11.3 Å². The fraction of sp³-hybridized carbons (Fsp3) is 0.533. The van der Waals surface area contributed by atoms with Crippen LogP contribution in [-0.2, 0) is 11.2 Å². The number of benzene rings is 1. The van der Waals surface area contributed by atoms with Gasteiger partial charge in [0.15, 0.2) is 0 Å². The number of ether oxygens (including phenoxy) is 1. The van der Waals surface area contributed by atoms with Gasteiger partial charge in [0.05, 0.1) is 7.11 Å². The summed E-state index contributed by atoms with van der Waals surface area (Å²) in [6, 6.07) is 5.69. The average Bonchev–Trinajstić information content (AvgIpc) is 2.78. The lowest BCUT2D eigenvalue weighted by Gasteiger charge is -2.22. The predicted octanol–water partition coefficient (Wildman–Crippen LogP) is 3.23. The summed E-state index contributed by atoms with van der Waals surface area (Å²) in [6.45, 7) is 0. The van der Waals surface area contributed by atoms with Crippen molar-refractivity contribution in [2.24, 2.45) is 5.73 Å². The molecule has 0 heterocycles. The van der Waals surface area contributed by atoms with Crippen LogP contribution in [0.4, 0.5) is 0 Å². The number of halogens is 1. The third-order valence-electron chi connectivity index (χ3n) is 3.79. The number of ketones is 1. The number of hydrogen-bond donors (Lipinski definition) is 1. The summed E-state index contributed by atoms with van der Waals surface area (Å²) < 4.78 is 6.13. The van der Waals surface area contributed by atoms with E-state index in [1.165, 1.54) is 0 Å². The summed E-state index contributed by atoms with van der Waals surface area (Å²) in [5.74, 6) is 0.979. The maximum atomic E-state index is 12.2. The van der Waals surface area contributed by atoms with Gasteiger partial charge in [0.2, 0.25) is 0 Å². The Balaban J connectivity index is 2.02. The first-order valence-electron chi connectivity index (χ1n) is 6.65. The number of rotatable bonds is 5. The molecular weight excluding hydrogens is 306 g/mol. The van der Waals surface area contributed by atoms with Crippen LogP contribution in [0.2, 0.25) is 0 Å². The van der Waals surface area contributed by atoms with E-state index in [1.54, 1.807) is 7.11 Å². The third kappa shape index (κ3) is 3.80. The molecular formula is C15H20BrNO2. The zero-order valence-electron chi connectivity index (χ0n) is 11.2. The Kier molecular flexibility index (Phi) is 4.63. The normalized spacial score (nSPS) is 17.4. The molecule has 2 rings (SSSR count). The summed E-state index contributed by atoms with van der Waals surface area (Å²) in [5, 5.41) is 0. The van der Waals surface area contributed by atoms with Crippen molar-refractivity contribution in [2.75, 3.05) is 7.11 Å². The molecule has 19 heavy (non-hydrogen) atoms. The van der Waals surface area contributed by atoms with Crippen LogP contribution < -0.4 is 10.5 Å². The maximum absolute atomic E-state index is 12.2. The average molecular weight is 326 g/mol. The minimum absolute atomic E-state index is 0.207. The second-order valence-corrected chi connectivity index (χ2v) is 6.27. The van der Waals surface area contributed by atoms with Crippen molar-refractivity contribution in [3.63, 3.8) is 0 Å². The molecule has 0 aromatic heterocycles. The SMILES string of the molecule is COc1ccc(Br)c(CC(=O)CC2(N)CCCC2)c1. The molecule has 1 aromatic rings. The molecule has 104 valence electrons. The Morgan fingerprint density at radius 2 is 2.11 bits per heavy atom. The molecule has 1 aliphatic carbocycles. The van der Waals surface area contributed by atoms with Crippen molar-refractivity contribution >= 4 is 21.7 Å². The molecule has 4 heteroatoms. The van der Waals surface area contributed by atoms with Crippen LogP contribution in [0.1, 0.15) is 37.7 Å². The van der Waals surface area contributed by atoms with Crippen LogP contribution in [-0.4, -0.2) is 18.4 Å². The van der Waals surface area contributed by atoms with Crippen LogP contribution in [0.25, 0.3) is 0 Å². The first kappa shape index (κ1) is 14.5. The van der Waals surface area contributed by atoms with E-state index in [9.17, 15) is 4.79 Å². The van der Waals surface area contributed by atoms with Gasteiger partial charge in [-0.15, -0.1) is 0 Å². The first-order chi connectivity index (χ1) is 9.02. The van der Waals surface area contributed by atoms with Gasteiger partial charge in [-0.2, -0.15) is 0 Å². The van der Waals surface area contributed by atoms with Crippen molar-refractivity contribution in [1.29, 1.82) is 0 Å². The number of nitrogens with two attached hydrogens (primary N) is 1. The second kappa shape index (κ2) is 6.06. The van der Waals surface area contributed by atoms with E-state index in [0.717, 1.165) is 41.5 Å². The van der Waals surface area contributed by atoms with Crippen LogP contribution in [0.3, 0.4) is 0 Å². The topological polar surface area (TPSA) is 52.3 Å². The lowest BCUT2D eigenvalue weighted by atomic mass is 9.90. The van der Waals surface area contributed by atoms with Crippen molar-refractivity contribution in [3.8, 4) is 5.75 Å². The van der Waals surface area contributed by atoms with E-state index in [2.05, 4.69) is 15.9 Å². The zero-order chi connectivity index (χ0) is 13.9. The molecule has 1 aliphatic rings. The van der Waals surface area contributed by atoms with Gasteiger partial charge in [0, 0.05) is 22.9 Å². The summed E-state index contributed by atoms with van der Waals surface area (Å²) >= 11 is 3.48. The Hall–Kier alpha value is -0.870.